The van der Waals surface area contributed by atoms with E-state index in [1.165, 1.54) is 0 Å². The van der Waals surface area contributed by atoms with E-state index >= 15 is 0 Å². The van der Waals surface area contributed by atoms with Crippen LogP contribution in [0, 0.1) is 0 Å². The van der Waals surface area contributed by atoms with Crippen LogP contribution >= 0.6 is 0 Å². The SMILES string of the molecule is O=C(O)CC1COCCN1C(=O)c1cccc(-c2ccc(O)cc2)c1. The number of carboxylic acids is 1. The van der Waals surface area contributed by atoms with Crippen LogP contribution in [0.5, 0.6) is 5.75 Å². The molecule has 1 aliphatic heterocycles. The van der Waals surface area contributed by atoms with Crippen molar-refractivity contribution in [2.45, 2.75) is 12.5 Å². The van der Waals surface area contributed by atoms with Gasteiger partial charge in [-0.1, -0.05) is 24.3 Å². The van der Waals surface area contributed by atoms with Crippen molar-refractivity contribution in [3.8, 4) is 16.9 Å². The molecular formula is C19H19NO5. The van der Waals surface area contributed by atoms with E-state index in [9.17, 15) is 14.7 Å². The number of rotatable bonds is 4. The van der Waals surface area contributed by atoms with Crippen LogP contribution in [-0.2, 0) is 9.53 Å². The van der Waals surface area contributed by atoms with Crippen LogP contribution in [0.3, 0.4) is 0 Å². The lowest BCUT2D eigenvalue weighted by molar-refractivity contribution is -0.139. The van der Waals surface area contributed by atoms with E-state index in [0.29, 0.717) is 18.7 Å². The normalized spacial score (nSPS) is 17.3. The van der Waals surface area contributed by atoms with Gasteiger partial charge in [-0.05, 0) is 35.4 Å². The summed E-state index contributed by atoms with van der Waals surface area (Å²) >= 11 is 0. The molecule has 1 aliphatic rings. The minimum atomic E-state index is -0.953. The molecule has 0 bridgehead atoms. The Kier molecular flexibility index (Phi) is 5.00. The monoisotopic (exact) mass is 341 g/mol. The number of ether oxygens (including phenoxy) is 1. The Morgan fingerprint density at radius 2 is 1.88 bits per heavy atom. The van der Waals surface area contributed by atoms with E-state index in [0.717, 1.165) is 11.1 Å². The average Bonchev–Trinajstić information content (AvgIpc) is 2.62. The first-order valence-corrected chi connectivity index (χ1v) is 8.04. The van der Waals surface area contributed by atoms with Crippen molar-refractivity contribution >= 4 is 11.9 Å². The highest BCUT2D eigenvalue weighted by Gasteiger charge is 2.29. The first-order chi connectivity index (χ1) is 12.0. The Labute approximate surface area is 145 Å². The van der Waals surface area contributed by atoms with Gasteiger partial charge in [0.15, 0.2) is 0 Å². The fraction of sp³-hybridized carbons (Fsp3) is 0.263. The average molecular weight is 341 g/mol. The minimum absolute atomic E-state index is 0.136. The third kappa shape index (κ3) is 3.97. The molecular weight excluding hydrogens is 322 g/mol. The molecule has 0 aromatic heterocycles. The molecule has 2 aromatic carbocycles. The number of aromatic hydroxyl groups is 1. The molecule has 0 spiro atoms. The molecule has 1 unspecified atom stereocenters. The molecule has 1 amide bonds. The molecule has 6 heteroatoms. The summed E-state index contributed by atoms with van der Waals surface area (Å²) in [7, 11) is 0. The Hall–Kier alpha value is -2.86. The number of phenolic OH excluding ortho intramolecular Hbond substituents is 1. The second-order valence-corrected chi connectivity index (χ2v) is 5.95. The van der Waals surface area contributed by atoms with Gasteiger partial charge < -0.3 is 19.8 Å². The van der Waals surface area contributed by atoms with E-state index in [1.807, 2.05) is 6.07 Å². The Balaban J connectivity index is 1.85. The lowest BCUT2D eigenvalue weighted by Crippen LogP contribution is -2.49. The molecule has 0 radical (unpaired) electrons. The number of hydrogen-bond acceptors (Lipinski definition) is 4. The molecule has 1 heterocycles. The van der Waals surface area contributed by atoms with Gasteiger partial charge in [-0.15, -0.1) is 0 Å². The van der Waals surface area contributed by atoms with Gasteiger partial charge >= 0.3 is 5.97 Å². The van der Waals surface area contributed by atoms with Crippen molar-refractivity contribution in [1.82, 2.24) is 4.90 Å². The Morgan fingerprint density at radius 1 is 1.12 bits per heavy atom. The fourth-order valence-electron chi connectivity index (χ4n) is 2.94. The van der Waals surface area contributed by atoms with Crippen LogP contribution in [0.2, 0.25) is 0 Å². The summed E-state index contributed by atoms with van der Waals surface area (Å²) in [6, 6.07) is 13.5. The van der Waals surface area contributed by atoms with Crippen molar-refractivity contribution in [3.63, 3.8) is 0 Å². The molecule has 0 saturated carbocycles. The Bertz CT molecular complexity index is 772. The van der Waals surface area contributed by atoms with Crippen molar-refractivity contribution < 1.29 is 24.5 Å². The highest BCUT2D eigenvalue weighted by Crippen LogP contribution is 2.24. The van der Waals surface area contributed by atoms with Crippen molar-refractivity contribution in [3.05, 3.63) is 54.1 Å². The highest BCUT2D eigenvalue weighted by atomic mass is 16.5. The van der Waals surface area contributed by atoms with E-state index in [-0.39, 0.29) is 24.7 Å². The zero-order valence-electron chi connectivity index (χ0n) is 13.6. The van der Waals surface area contributed by atoms with Crippen LogP contribution in [0.1, 0.15) is 16.8 Å². The van der Waals surface area contributed by atoms with Crippen LogP contribution in [-0.4, -0.2) is 52.8 Å². The highest BCUT2D eigenvalue weighted by molar-refractivity contribution is 5.96. The van der Waals surface area contributed by atoms with E-state index in [4.69, 9.17) is 9.84 Å². The molecule has 1 fully saturated rings. The first kappa shape index (κ1) is 17.0. The molecule has 3 rings (SSSR count). The molecule has 1 saturated heterocycles. The summed E-state index contributed by atoms with van der Waals surface area (Å²) < 4.78 is 5.32. The second-order valence-electron chi connectivity index (χ2n) is 5.95. The lowest BCUT2D eigenvalue weighted by atomic mass is 10.0. The van der Waals surface area contributed by atoms with Gasteiger partial charge in [-0.3, -0.25) is 9.59 Å². The number of amides is 1. The number of benzene rings is 2. The van der Waals surface area contributed by atoms with Crippen LogP contribution < -0.4 is 0 Å². The number of morpholine rings is 1. The predicted molar refractivity (Wildman–Crippen MR) is 91.4 cm³/mol. The number of carboxylic acid groups (broad SMARTS) is 1. The van der Waals surface area contributed by atoms with Gasteiger partial charge in [0.2, 0.25) is 0 Å². The van der Waals surface area contributed by atoms with Crippen molar-refractivity contribution in [1.29, 1.82) is 0 Å². The standard InChI is InChI=1S/C19H19NO5/c21-17-6-4-13(5-7-17)14-2-1-3-15(10-14)19(24)20-8-9-25-12-16(20)11-18(22)23/h1-7,10,16,21H,8-9,11-12H2,(H,22,23). The molecule has 2 N–H and O–H groups in total. The van der Waals surface area contributed by atoms with Gasteiger partial charge in [0.1, 0.15) is 5.75 Å². The largest absolute Gasteiger partial charge is 0.508 e. The Morgan fingerprint density at radius 3 is 2.60 bits per heavy atom. The van der Waals surface area contributed by atoms with E-state index in [1.54, 1.807) is 47.4 Å². The van der Waals surface area contributed by atoms with Gasteiger partial charge in [0, 0.05) is 12.1 Å². The predicted octanol–water partition coefficient (Wildman–Crippen LogP) is 2.37. The zero-order chi connectivity index (χ0) is 17.8. The van der Waals surface area contributed by atoms with Crippen LogP contribution in [0.4, 0.5) is 0 Å². The topological polar surface area (TPSA) is 87.1 Å². The number of phenols is 1. The summed E-state index contributed by atoms with van der Waals surface area (Å²) in [6.07, 6.45) is -0.136. The summed E-state index contributed by atoms with van der Waals surface area (Å²) in [5, 5.41) is 18.4. The van der Waals surface area contributed by atoms with Crippen LogP contribution in [0.15, 0.2) is 48.5 Å². The fourth-order valence-corrected chi connectivity index (χ4v) is 2.94. The van der Waals surface area contributed by atoms with E-state index < -0.39 is 12.0 Å². The number of hydrogen-bond donors (Lipinski definition) is 2. The molecule has 25 heavy (non-hydrogen) atoms. The number of carbonyl (C=O) groups excluding carboxylic acids is 1. The van der Waals surface area contributed by atoms with Crippen molar-refractivity contribution in [2.75, 3.05) is 19.8 Å². The maximum absolute atomic E-state index is 12.9. The van der Waals surface area contributed by atoms with Crippen molar-refractivity contribution in [2.24, 2.45) is 0 Å². The lowest BCUT2D eigenvalue weighted by Gasteiger charge is -2.35. The maximum Gasteiger partial charge on any atom is 0.305 e. The summed E-state index contributed by atoms with van der Waals surface area (Å²) in [4.78, 5) is 25.5. The quantitative estimate of drug-likeness (QED) is 0.891. The van der Waals surface area contributed by atoms with Gasteiger partial charge in [-0.2, -0.15) is 0 Å². The second kappa shape index (κ2) is 7.36. The molecule has 6 nitrogen and oxygen atoms in total. The molecule has 0 aliphatic carbocycles. The van der Waals surface area contributed by atoms with Gasteiger partial charge in [0.05, 0.1) is 25.7 Å². The molecule has 130 valence electrons. The number of nitrogens with zero attached hydrogens (tertiary/aromatic N) is 1. The number of aliphatic carboxylic acids is 1. The molecule has 2 aromatic rings. The third-order valence-corrected chi connectivity index (χ3v) is 4.21. The van der Waals surface area contributed by atoms with Crippen LogP contribution in [0.25, 0.3) is 11.1 Å². The van der Waals surface area contributed by atoms with Gasteiger partial charge in [-0.25, -0.2) is 0 Å². The summed E-state index contributed by atoms with van der Waals surface area (Å²) in [5.74, 6) is -0.970. The maximum atomic E-state index is 12.9. The summed E-state index contributed by atoms with van der Waals surface area (Å²) in [6.45, 7) is 1.01. The first-order valence-electron chi connectivity index (χ1n) is 8.04. The number of carbonyl (C=O) groups is 2. The third-order valence-electron chi connectivity index (χ3n) is 4.21. The molecule has 1 atom stereocenters. The zero-order valence-corrected chi connectivity index (χ0v) is 13.6. The minimum Gasteiger partial charge on any atom is -0.508 e. The summed E-state index contributed by atoms with van der Waals surface area (Å²) in [5.41, 5.74) is 2.24. The smallest absolute Gasteiger partial charge is 0.305 e. The van der Waals surface area contributed by atoms with Gasteiger partial charge in [0.25, 0.3) is 5.91 Å². The van der Waals surface area contributed by atoms with E-state index in [2.05, 4.69) is 0 Å².